The molecular formula is C51H46BN3O. The van der Waals surface area contributed by atoms with E-state index in [1.54, 1.807) is 5.47 Å². The molecule has 5 aromatic rings. The predicted octanol–water partition coefficient (Wildman–Crippen LogP) is 12.4. The van der Waals surface area contributed by atoms with Gasteiger partial charge >= 0.3 is 0 Å². The van der Waals surface area contributed by atoms with Gasteiger partial charge in [-0.3, -0.25) is 0 Å². The maximum Gasteiger partial charge on any atom is 0.242 e. The summed E-state index contributed by atoms with van der Waals surface area (Å²) in [7, 11) is 0. The van der Waals surface area contributed by atoms with E-state index >= 15 is 0 Å². The number of para-hydroxylation sites is 3. The van der Waals surface area contributed by atoms with Gasteiger partial charge in [-0.25, -0.2) is 0 Å². The third kappa shape index (κ3) is 5.20. The Hall–Kier alpha value is -5.94. The first kappa shape index (κ1) is 33.4. The molecule has 0 spiro atoms. The number of rotatable bonds is 5. The molecule has 6 aliphatic rings. The summed E-state index contributed by atoms with van der Waals surface area (Å²) in [6.07, 6.45) is 28.6. The molecule has 5 heteroatoms. The van der Waals surface area contributed by atoms with E-state index in [0.29, 0.717) is 5.92 Å². The Balaban J connectivity index is 1.15. The van der Waals surface area contributed by atoms with Gasteiger partial charge in [0.1, 0.15) is 5.58 Å². The van der Waals surface area contributed by atoms with Crippen molar-refractivity contribution in [2.75, 3.05) is 14.7 Å². The fraction of sp³-hybridized carbons (Fsp3) is 0.216. The number of hydrogen-bond acceptors (Lipinski definition) is 4. The molecule has 274 valence electrons. The van der Waals surface area contributed by atoms with E-state index in [-0.39, 0.29) is 18.2 Å². The molecule has 4 aromatic carbocycles. The lowest BCUT2D eigenvalue weighted by molar-refractivity contribution is 0.475. The van der Waals surface area contributed by atoms with Crippen molar-refractivity contribution in [1.29, 1.82) is 0 Å². The van der Waals surface area contributed by atoms with Crippen LogP contribution in [0.2, 0.25) is 0 Å². The molecule has 0 N–H and O–H groups in total. The summed E-state index contributed by atoms with van der Waals surface area (Å²) >= 11 is 0. The van der Waals surface area contributed by atoms with Crippen LogP contribution in [0.5, 0.6) is 0 Å². The van der Waals surface area contributed by atoms with Crippen molar-refractivity contribution in [2.45, 2.75) is 58.9 Å². The molecule has 11 rings (SSSR count). The second kappa shape index (κ2) is 12.8. The first-order chi connectivity index (χ1) is 27.4. The van der Waals surface area contributed by atoms with Crippen molar-refractivity contribution in [1.82, 2.24) is 0 Å². The van der Waals surface area contributed by atoms with E-state index in [4.69, 9.17) is 4.42 Å². The van der Waals surface area contributed by atoms with Gasteiger partial charge < -0.3 is 19.1 Å². The molecule has 0 amide bonds. The van der Waals surface area contributed by atoms with E-state index < -0.39 is 0 Å². The fourth-order valence-electron chi connectivity index (χ4n) is 10.2. The number of furan rings is 1. The molecule has 0 radical (unpaired) electrons. The van der Waals surface area contributed by atoms with Crippen molar-refractivity contribution >= 4 is 56.9 Å². The van der Waals surface area contributed by atoms with Crippen LogP contribution in [0.15, 0.2) is 190 Å². The molecule has 4 nitrogen and oxygen atoms in total. The van der Waals surface area contributed by atoms with E-state index in [1.165, 1.54) is 50.8 Å². The maximum atomic E-state index is 6.73. The Bertz CT molecular complexity index is 2700. The lowest BCUT2D eigenvalue weighted by Gasteiger charge is -2.49. The summed E-state index contributed by atoms with van der Waals surface area (Å²) in [6, 6.07) is 33.3. The van der Waals surface area contributed by atoms with Gasteiger partial charge in [0.15, 0.2) is 5.58 Å². The number of allylic oxidation sites excluding steroid dienone is 11. The van der Waals surface area contributed by atoms with Crippen LogP contribution in [0.4, 0.5) is 22.7 Å². The van der Waals surface area contributed by atoms with Crippen LogP contribution < -0.4 is 20.2 Å². The van der Waals surface area contributed by atoms with Crippen LogP contribution in [0.1, 0.15) is 52.9 Å². The molecule has 0 bridgehead atoms. The zero-order valence-electron chi connectivity index (χ0n) is 32.5. The van der Waals surface area contributed by atoms with Crippen LogP contribution in [0.25, 0.3) is 21.9 Å². The highest BCUT2D eigenvalue weighted by Gasteiger charge is 2.47. The second-order valence-corrected chi connectivity index (χ2v) is 17.0. The fourth-order valence-corrected chi connectivity index (χ4v) is 10.2. The Morgan fingerprint density at radius 2 is 1.55 bits per heavy atom. The van der Waals surface area contributed by atoms with Crippen LogP contribution in [-0.2, 0) is 0 Å². The van der Waals surface area contributed by atoms with Gasteiger partial charge in [0, 0.05) is 50.6 Å². The average Bonchev–Trinajstić information content (AvgIpc) is 3.61. The topological polar surface area (TPSA) is 22.9 Å². The minimum absolute atomic E-state index is 0.0676. The van der Waals surface area contributed by atoms with Crippen LogP contribution >= 0.6 is 0 Å². The molecule has 0 saturated heterocycles. The summed E-state index contributed by atoms with van der Waals surface area (Å²) in [4.78, 5) is 7.74. The highest BCUT2D eigenvalue weighted by molar-refractivity contribution is 6.89. The molecule has 0 saturated carbocycles. The molecule has 4 aliphatic carbocycles. The number of hydrogen-bond donors (Lipinski definition) is 0. The van der Waals surface area contributed by atoms with Crippen molar-refractivity contribution in [3.05, 3.63) is 185 Å². The summed E-state index contributed by atoms with van der Waals surface area (Å²) in [5.41, 5.74) is 16.6. The largest absolute Gasteiger partial charge is 0.454 e. The van der Waals surface area contributed by atoms with E-state index in [2.05, 4.69) is 187 Å². The van der Waals surface area contributed by atoms with E-state index in [0.717, 1.165) is 59.7 Å². The Kier molecular flexibility index (Phi) is 7.64. The first-order valence-corrected chi connectivity index (χ1v) is 20.5. The molecular weight excluding hydrogens is 681 g/mol. The van der Waals surface area contributed by atoms with Crippen molar-refractivity contribution < 1.29 is 4.42 Å². The number of benzene rings is 4. The normalized spacial score (nSPS) is 22.0. The lowest BCUT2D eigenvalue weighted by Crippen LogP contribution is -2.53. The SMILES string of the molecule is CC1C=CC(N2C3=C(CC(C)(C)C=C3)B3C4=C(C=C(N(c5cccc6c5oc5ccccc56)C5C=CC=CC5)CC4)N(c4ccccc4)c4cccc2c43)=CC1. The maximum absolute atomic E-state index is 6.73. The quantitative estimate of drug-likeness (QED) is 0.168. The van der Waals surface area contributed by atoms with Crippen LogP contribution in [0.3, 0.4) is 0 Å². The highest BCUT2D eigenvalue weighted by atomic mass is 16.3. The molecule has 2 aliphatic heterocycles. The average molecular weight is 728 g/mol. The standard InChI is InChI=1S/C51H46BN3O/c1-34-24-26-37(27-25-34)54-43-30-31-51(2,3)33-42(43)52-41-29-28-38(32-47(41)55(36-16-8-5-9-17-36)45-21-13-20-44(54)49(45)52)53(35-14-6-4-7-15-35)46-22-12-19-40-39-18-10-11-23-48(39)56-50(40)46/h4-14,16-24,26-27,30-32,34-35H,15,25,28-29,33H2,1-3H3. The summed E-state index contributed by atoms with van der Waals surface area (Å²) in [5.74, 6) is 0.554. The number of fused-ring (bicyclic) bond motifs is 5. The van der Waals surface area contributed by atoms with Crippen LogP contribution in [0, 0.1) is 11.3 Å². The Morgan fingerprint density at radius 1 is 0.750 bits per heavy atom. The van der Waals surface area contributed by atoms with Gasteiger partial charge in [-0.1, -0.05) is 129 Å². The molecule has 56 heavy (non-hydrogen) atoms. The first-order valence-electron chi connectivity index (χ1n) is 20.5. The highest BCUT2D eigenvalue weighted by Crippen LogP contribution is 2.51. The van der Waals surface area contributed by atoms with Gasteiger partial charge in [-0.15, -0.1) is 0 Å². The van der Waals surface area contributed by atoms with Crippen molar-refractivity contribution in [3.63, 3.8) is 0 Å². The predicted molar refractivity (Wildman–Crippen MR) is 236 cm³/mol. The zero-order chi connectivity index (χ0) is 37.5. The molecule has 1 aromatic heterocycles. The minimum Gasteiger partial charge on any atom is -0.454 e. The van der Waals surface area contributed by atoms with Crippen molar-refractivity contribution in [2.24, 2.45) is 11.3 Å². The number of nitrogens with zero attached hydrogens (tertiary/aromatic N) is 3. The van der Waals surface area contributed by atoms with Crippen LogP contribution in [-0.4, -0.2) is 12.8 Å². The van der Waals surface area contributed by atoms with Gasteiger partial charge in [-0.2, -0.15) is 0 Å². The van der Waals surface area contributed by atoms with E-state index in [9.17, 15) is 0 Å². The van der Waals surface area contributed by atoms with E-state index in [1.807, 2.05) is 0 Å². The van der Waals surface area contributed by atoms with Gasteiger partial charge in [-0.05, 0) is 104 Å². The lowest BCUT2D eigenvalue weighted by atomic mass is 9.30. The summed E-state index contributed by atoms with van der Waals surface area (Å²) in [5, 5.41) is 2.33. The van der Waals surface area contributed by atoms with Gasteiger partial charge in [0.05, 0.1) is 11.7 Å². The Morgan fingerprint density at radius 3 is 2.38 bits per heavy atom. The summed E-state index contributed by atoms with van der Waals surface area (Å²) < 4.78 is 6.73. The minimum atomic E-state index is 0.0676. The smallest absolute Gasteiger partial charge is 0.242 e. The van der Waals surface area contributed by atoms with Gasteiger partial charge in [0.25, 0.3) is 0 Å². The molecule has 2 unspecified atom stereocenters. The Labute approximate surface area is 330 Å². The van der Waals surface area contributed by atoms with Gasteiger partial charge in [0.2, 0.25) is 6.71 Å². The second-order valence-electron chi connectivity index (χ2n) is 17.0. The number of anilines is 4. The molecule has 0 fully saturated rings. The third-order valence-corrected chi connectivity index (χ3v) is 12.8. The monoisotopic (exact) mass is 727 g/mol. The van der Waals surface area contributed by atoms with Crippen molar-refractivity contribution in [3.8, 4) is 0 Å². The zero-order valence-corrected chi connectivity index (χ0v) is 32.5. The molecule has 2 atom stereocenters. The summed E-state index contributed by atoms with van der Waals surface area (Å²) in [6.45, 7) is 7.32. The molecule has 3 heterocycles. The third-order valence-electron chi connectivity index (χ3n) is 12.8.